The van der Waals surface area contributed by atoms with Crippen LogP contribution in [0.4, 0.5) is 5.82 Å². The molecule has 0 aliphatic heterocycles. The minimum Gasteiger partial charge on any atom is -0.368 e. The summed E-state index contributed by atoms with van der Waals surface area (Å²) in [6.07, 6.45) is 7.52. The number of aromatic nitrogens is 2. The minimum absolute atomic E-state index is 0.490. The van der Waals surface area contributed by atoms with Crippen LogP contribution in [0.1, 0.15) is 52.1 Å². The van der Waals surface area contributed by atoms with Crippen molar-refractivity contribution in [2.24, 2.45) is 0 Å². The molecule has 1 N–H and O–H groups in total. The summed E-state index contributed by atoms with van der Waals surface area (Å²) in [4.78, 5) is 8.49. The van der Waals surface area contributed by atoms with Crippen LogP contribution in [0.3, 0.4) is 0 Å². The zero-order chi connectivity index (χ0) is 11.8. The molecule has 1 heterocycles. The van der Waals surface area contributed by atoms with E-state index in [4.69, 9.17) is 0 Å². The van der Waals surface area contributed by atoms with E-state index < -0.39 is 0 Å². The van der Waals surface area contributed by atoms with Crippen molar-refractivity contribution in [2.45, 2.75) is 58.9 Å². The Morgan fingerprint density at radius 2 is 2.06 bits per heavy atom. The van der Waals surface area contributed by atoms with E-state index in [9.17, 15) is 0 Å². The summed E-state index contributed by atoms with van der Waals surface area (Å²) >= 11 is 0. The van der Waals surface area contributed by atoms with E-state index >= 15 is 0 Å². The SMILES string of the molecule is CCCCC(C)Nc1cc(CCC)ncn1. The third kappa shape index (κ3) is 4.60. The average molecular weight is 221 g/mol. The molecule has 0 saturated heterocycles. The fraction of sp³-hybridized carbons (Fsp3) is 0.692. The van der Waals surface area contributed by atoms with Gasteiger partial charge in [-0.2, -0.15) is 0 Å². The molecule has 1 unspecified atom stereocenters. The van der Waals surface area contributed by atoms with Crippen LogP contribution < -0.4 is 5.32 Å². The van der Waals surface area contributed by atoms with E-state index in [1.807, 2.05) is 0 Å². The van der Waals surface area contributed by atoms with Gasteiger partial charge in [0.1, 0.15) is 12.1 Å². The molecular formula is C13H23N3. The van der Waals surface area contributed by atoms with E-state index in [2.05, 4.69) is 42.1 Å². The largest absolute Gasteiger partial charge is 0.368 e. The molecule has 1 aromatic heterocycles. The number of nitrogens with one attached hydrogen (secondary N) is 1. The van der Waals surface area contributed by atoms with Crippen molar-refractivity contribution in [1.82, 2.24) is 9.97 Å². The maximum Gasteiger partial charge on any atom is 0.129 e. The maximum atomic E-state index is 4.25. The fourth-order valence-electron chi connectivity index (χ4n) is 1.70. The van der Waals surface area contributed by atoms with Crippen LogP contribution in [0.15, 0.2) is 12.4 Å². The predicted molar refractivity (Wildman–Crippen MR) is 68.6 cm³/mol. The highest BCUT2D eigenvalue weighted by Gasteiger charge is 2.03. The first-order valence-electron chi connectivity index (χ1n) is 6.33. The first kappa shape index (κ1) is 12.9. The molecule has 16 heavy (non-hydrogen) atoms. The van der Waals surface area contributed by atoms with E-state index in [0.717, 1.165) is 24.4 Å². The van der Waals surface area contributed by atoms with Gasteiger partial charge in [0.2, 0.25) is 0 Å². The van der Waals surface area contributed by atoms with Gasteiger partial charge in [-0.25, -0.2) is 9.97 Å². The highest BCUT2D eigenvalue weighted by atomic mass is 15.0. The van der Waals surface area contributed by atoms with Crippen molar-refractivity contribution in [3.8, 4) is 0 Å². The van der Waals surface area contributed by atoms with Gasteiger partial charge >= 0.3 is 0 Å². The van der Waals surface area contributed by atoms with Gasteiger partial charge in [0, 0.05) is 17.8 Å². The van der Waals surface area contributed by atoms with Crippen LogP contribution in [-0.4, -0.2) is 16.0 Å². The second-order valence-electron chi connectivity index (χ2n) is 4.33. The lowest BCUT2D eigenvalue weighted by molar-refractivity contribution is 0.642. The molecule has 0 amide bonds. The van der Waals surface area contributed by atoms with E-state index in [1.165, 1.54) is 19.3 Å². The lowest BCUT2D eigenvalue weighted by Crippen LogP contribution is -2.16. The minimum atomic E-state index is 0.490. The molecule has 3 nitrogen and oxygen atoms in total. The summed E-state index contributed by atoms with van der Waals surface area (Å²) in [6, 6.07) is 2.55. The normalized spacial score (nSPS) is 12.4. The molecule has 90 valence electrons. The van der Waals surface area contributed by atoms with Crippen molar-refractivity contribution >= 4 is 5.82 Å². The Morgan fingerprint density at radius 3 is 2.75 bits per heavy atom. The number of aryl methyl sites for hydroxylation is 1. The summed E-state index contributed by atoms with van der Waals surface area (Å²) in [5.74, 6) is 0.960. The lowest BCUT2D eigenvalue weighted by Gasteiger charge is -2.14. The van der Waals surface area contributed by atoms with Gasteiger partial charge < -0.3 is 5.32 Å². The summed E-state index contributed by atoms with van der Waals surface area (Å²) in [7, 11) is 0. The van der Waals surface area contributed by atoms with Crippen LogP contribution in [0.25, 0.3) is 0 Å². The zero-order valence-electron chi connectivity index (χ0n) is 10.7. The second-order valence-corrected chi connectivity index (χ2v) is 4.33. The average Bonchev–Trinajstić information content (AvgIpc) is 2.27. The van der Waals surface area contributed by atoms with Gasteiger partial charge in [0.05, 0.1) is 0 Å². The Morgan fingerprint density at radius 1 is 1.25 bits per heavy atom. The Balaban J connectivity index is 2.49. The quantitative estimate of drug-likeness (QED) is 0.766. The first-order valence-corrected chi connectivity index (χ1v) is 6.33. The van der Waals surface area contributed by atoms with Gasteiger partial charge in [-0.3, -0.25) is 0 Å². The third-order valence-electron chi connectivity index (χ3n) is 2.61. The monoisotopic (exact) mass is 221 g/mol. The molecular weight excluding hydrogens is 198 g/mol. The van der Waals surface area contributed by atoms with Gasteiger partial charge in [-0.05, 0) is 19.8 Å². The maximum absolute atomic E-state index is 4.25. The highest BCUT2D eigenvalue weighted by Crippen LogP contribution is 2.10. The molecule has 0 aliphatic carbocycles. The van der Waals surface area contributed by atoms with Crippen LogP contribution >= 0.6 is 0 Å². The van der Waals surface area contributed by atoms with E-state index in [-0.39, 0.29) is 0 Å². The summed E-state index contributed by atoms with van der Waals surface area (Å²) in [6.45, 7) is 6.59. The van der Waals surface area contributed by atoms with Crippen LogP contribution in [0.5, 0.6) is 0 Å². The summed E-state index contributed by atoms with van der Waals surface area (Å²) in [5, 5.41) is 3.42. The number of anilines is 1. The summed E-state index contributed by atoms with van der Waals surface area (Å²) < 4.78 is 0. The summed E-state index contributed by atoms with van der Waals surface area (Å²) in [5.41, 5.74) is 1.13. The van der Waals surface area contributed by atoms with E-state index in [1.54, 1.807) is 6.33 Å². The number of rotatable bonds is 7. The molecule has 0 saturated carbocycles. The standard InChI is InChI=1S/C13H23N3/c1-4-6-8-11(3)16-13-9-12(7-5-2)14-10-15-13/h9-11H,4-8H2,1-3H3,(H,14,15,16). The van der Waals surface area contributed by atoms with Crippen molar-refractivity contribution < 1.29 is 0 Å². The molecule has 0 spiro atoms. The second kappa shape index (κ2) is 7.20. The number of nitrogens with zero attached hydrogens (tertiary/aromatic N) is 2. The Labute approximate surface area is 98.7 Å². The number of unbranched alkanes of at least 4 members (excludes halogenated alkanes) is 1. The van der Waals surface area contributed by atoms with Crippen molar-refractivity contribution in [2.75, 3.05) is 5.32 Å². The lowest BCUT2D eigenvalue weighted by atomic mass is 10.1. The molecule has 3 heteroatoms. The molecule has 1 aromatic rings. The van der Waals surface area contributed by atoms with Crippen molar-refractivity contribution in [3.63, 3.8) is 0 Å². The van der Waals surface area contributed by atoms with Gasteiger partial charge in [-0.15, -0.1) is 0 Å². The van der Waals surface area contributed by atoms with Crippen LogP contribution in [-0.2, 0) is 6.42 Å². The molecule has 0 radical (unpaired) electrons. The van der Waals surface area contributed by atoms with Crippen molar-refractivity contribution in [1.29, 1.82) is 0 Å². The zero-order valence-corrected chi connectivity index (χ0v) is 10.7. The third-order valence-corrected chi connectivity index (χ3v) is 2.61. The first-order chi connectivity index (χ1) is 7.76. The topological polar surface area (TPSA) is 37.8 Å². The predicted octanol–water partition coefficient (Wildman–Crippen LogP) is 3.42. The Bertz CT molecular complexity index is 299. The van der Waals surface area contributed by atoms with Crippen LogP contribution in [0, 0.1) is 0 Å². The highest BCUT2D eigenvalue weighted by molar-refractivity contribution is 5.35. The van der Waals surface area contributed by atoms with Crippen molar-refractivity contribution in [3.05, 3.63) is 18.1 Å². The number of hydrogen-bond donors (Lipinski definition) is 1. The van der Waals surface area contributed by atoms with E-state index in [0.29, 0.717) is 6.04 Å². The Hall–Kier alpha value is -1.12. The molecule has 0 fully saturated rings. The van der Waals surface area contributed by atoms with Crippen LogP contribution in [0.2, 0.25) is 0 Å². The molecule has 0 bridgehead atoms. The number of hydrogen-bond acceptors (Lipinski definition) is 3. The van der Waals surface area contributed by atoms with Gasteiger partial charge in [-0.1, -0.05) is 33.1 Å². The molecule has 1 rings (SSSR count). The fourth-order valence-corrected chi connectivity index (χ4v) is 1.70. The van der Waals surface area contributed by atoms with Gasteiger partial charge in [0.25, 0.3) is 0 Å². The smallest absolute Gasteiger partial charge is 0.129 e. The Kier molecular flexibility index (Phi) is 5.83. The molecule has 0 aliphatic rings. The molecule has 1 atom stereocenters. The molecule has 0 aromatic carbocycles. The van der Waals surface area contributed by atoms with Gasteiger partial charge in [0.15, 0.2) is 0 Å².